The van der Waals surface area contributed by atoms with Gasteiger partial charge in [-0.05, 0) is 31.9 Å². The summed E-state index contributed by atoms with van der Waals surface area (Å²) < 4.78 is 0. The molecule has 88 valence electrons. The van der Waals surface area contributed by atoms with Crippen LogP contribution in [0.5, 0.6) is 0 Å². The number of nitrogens with zero attached hydrogens (tertiary/aromatic N) is 1. The van der Waals surface area contributed by atoms with Crippen LogP contribution in [0, 0.1) is 6.92 Å². The molecule has 1 unspecified atom stereocenters. The molecule has 0 saturated heterocycles. The molecule has 1 heterocycles. The Balaban J connectivity index is 2.84. The molecule has 1 atom stereocenters. The third-order valence-corrected chi connectivity index (χ3v) is 2.77. The van der Waals surface area contributed by atoms with Gasteiger partial charge in [-0.1, -0.05) is 13.0 Å². The molecule has 4 heteroatoms. The van der Waals surface area contributed by atoms with Crippen LogP contribution in [0.25, 0.3) is 0 Å². The fourth-order valence-electron chi connectivity index (χ4n) is 1.30. The summed E-state index contributed by atoms with van der Waals surface area (Å²) in [5.41, 5.74) is 0.660. The number of rotatable bonds is 4. The predicted octanol–water partition coefficient (Wildman–Crippen LogP) is 1.28. The molecule has 1 amide bonds. The van der Waals surface area contributed by atoms with Gasteiger partial charge in [0.2, 0.25) is 0 Å². The molecule has 0 spiro atoms. The molecule has 16 heavy (non-hydrogen) atoms. The molecule has 0 bridgehead atoms. The maximum absolute atomic E-state index is 11.9. The van der Waals surface area contributed by atoms with Gasteiger partial charge in [-0.3, -0.25) is 9.78 Å². The lowest BCUT2D eigenvalue weighted by molar-refractivity contribution is 0.0841. The van der Waals surface area contributed by atoms with Gasteiger partial charge in [0.05, 0.1) is 12.1 Å². The number of pyridine rings is 1. The highest BCUT2D eigenvalue weighted by molar-refractivity contribution is 5.94. The number of nitrogens with one attached hydrogen (secondary N) is 1. The minimum atomic E-state index is -0.582. The van der Waals surface area contributed by atoms with E-state index in [1.54, 1.807) is 12.3 Å². The summed E-state index contributed by atoms with van der Waals surface area (Å²) in [6.45, 7) is 5.48. The van der Waals surface area contributed by atoms with Gasteiger partial charge in [0.1, 0.15) is 5.69 Å². The zero-order valence-electron chi connectivity index (χ0n) is 9.95. The fraction of sp³-hybridized carbons (Fsp3) is 0.500. The molecule has 0 aliphatic rings. The highest BCUT2D eigenvalue weighted by Crippen LogP contribution is 2.10. The monoisotopic (exact) mass is 222 g/mol. The summed E-state index contributed by atoms with van der Waals surface area (Å²) in [4.78, 5) is 16.0. The Morgan fingerprint density at radius 2 is 2.31 bits per heavy atom. The van der Waals surface area contributed by atoms with Crippen molar-refractivity contribution in [1.82, 2.24) is 10.3 Å². The smallest absolute Gasteiger partial charge is 0.270 e. The molecule has 4 nitrogen and oxygen atoms in total. The molecule has 0 saturated carbocycles. The number of amides is 1. The van der Waals surface area contributed by atoms with Crippen molar-refractivity contribution in [2.24, 2.45) is 0 Å². The molecular weight excluding hydrogens is 204 g/mol. The molecule has 0 fully saturated rings. The van der Waals surface area contributed by atoms with Crippen LogP contribution in [-0.2, 0) is 0 Å². The average Bonchev–Trinajstić information content (AvgIpc) is 2.29. The molecule has 0 aliphatic heterocycles. The Kier molecular flexibility index (Phi) is 4.01. The van der Waals surface area contributed by atoms with E-state index in [9.17, 15) is 9.90 Å². The van der Waals surface area contributed by atoms with Gasteiger partial charge in [-0.25, -0.2) is 0 Å². The van der Waals surface area contributed by atoms with E-state index in [2.05, 4.69) is 10.3 Å². The number of hydrogen-bond acceptors (Lipinski definition) is 3. The Morgan fingerprint density at radius 3 is 2.81 bits per heavy atom. The Labute approximate surface area is 95.7 Å². The SMILES string of the molecule is CCC(C)(CO)NC(=O)c1ncccc1C. The van der Waals surface area contributed by atoms with E-state index in [1.165, 1.54) is 0 Å². The Bertz CT molecular complexity index is 373. The topological polar surface area (TPSA) is 62.2 Å². The highest BCUT2D eigenvalue weighted by atomic mass is 16.3. The van der Waals surface area contributed by atoms with Crippen molar-refractivity contribution in [2.75, 3.05) is 6.61 Å². The van der Waals surface area contributed by atoms with E-state index in [0.717, 1.165) is 5.56 Å². The molecule has 1 aromatic rings. The number of carbonyl (C=O) groups excluding carboxylic acids is 1. The molecular formula is C12H18N2O2. The van der Waals surface area contributed by atoms with E-state index in [1.807, 2.05) is 26.8 Å². The summed E-state index contributed by atoms with van der Waals surface area (Å²) in [6, 6.07) is 3.63. The van der Waals surface area contributed by atoms with Crippen molar-refractivity contribution >= 4 is 5.91 Å². The Hall–Kier alpha value is -1.42. The predicted molar refractivity (Wildman–Crippen MR) is 62.2 cm³/mol. The summed E-state index contributed by atoms with van der Waals surface area (Å²) >= 11 is 0. The molecule has 0 aromatic carbocycles. The van der Waals surface area contributed by atoms with Crippen molar-refractivity contribution in [3.63, 3.8) is 0 Å². The quantitative estimate of drug-likeness (QED) is 0.806. The van der Waals surface area contributed by atoms with Crippen LogP contribution in [0.3, 0.4) is 0 Å². The summed E-state index contributed by atoms with van der Waals surface area (Å²) in [5, 5.41) is 12.0. The minimum Gasteiger partial charge on any atom is -0.394 e. The lowest BCUT2D eigenvalue weighted by Gasteiger charge is -2.27. The Morgan fingerprint density at radius 1 is 1.62 bits per heavy atom. The van der Waals surface area contributed by atoms with Crippen molar-refractivity contribution in [3.05, 3.63) is 29.6 Å². The van der Waals surface area contributed by atoms with Crippen LogP contribution in [-0.4, -0.2) is 28.1 Å². The maximum atomic E-state index is 11.9. The first kappa shape index (κ1) is 12.6. The lowest BCUT2D eigenvalue weighted by Crippen LogP contribution is -2.48. The van der Waals surface area contributed by atoms with Crippen LogP contribution in [0.1, 0.15) is 36.3 Å². The van der Waals surface area contributed by atoms with E-state index in [0.29, 0.717) is 12.1 Å². The molecule has 1 rings (SSSR count). The molecule has 0 radical (unpaired) electrons. The number of hydrogen-bond donors (Lipinski definition) is 2. The van der Waals surface area contributed by atoms with Gasteiger partial charge >= 0.3 is 0 Å². The van der Waals surface area contributed by atoms with Crippen molar-refractivity contribution in [1.29, 1.82) is 0 Å². The third kappa shape index (κ3) is 2.79. The summed E-state index contributed by atoms with van der Waals surface area (Å²) in [7, 11) is 0. The van der Waals surface area contributed by atoms with E-state index < -0.39 is 5.54 Å². The summed E-state index contributed by atoms with van der Waals surface area (Å²) in [5.74, 6) is -0.239. The van der Waals surface area contributed by atoms with Crippen LogP contribution < -0.4 is 5.32 Å². The van der Waals surface area contributed by atoms with Gasteiger partial charge in [0.15, 0.2) is 0 Å². The van der Waals surface area contributed by atoms with Gasteiger partial charge < -0.3 is 10.4 Å². The first-order valence-corrected chi connectivity index (χ1v) is 5.37. The van der Waals surface area contributed by atoms with E-state index >= 15 is 0 Å². The van der Waals surface area contributed by atoms with Gasteiger partial charge in [0.25, 0.3) is 5.91 Å². The minimum absolute atomic E-state index is 0.0822. The first-order valence-electron chi connectivity index (χ1n) is 5.37. The zero-order chi connectivity index (χ0) is 12.2. The summed E-state index contributed by atoms with van der Waals surface area (Å²) in [6.07, 6.45) is 2.26. The maximum Gasteiger partial charge on any atom is 0.270 e. The lowest BCUT2D eigenvalue weighted by atomic mass is 10.00. The number of aromatic nitrogens is 1. The van der Waals surface area contributed by atoms with Crippen molar-refractivity contribution in [2.45, 2.75) is 32.7 Å². The fourth-order valence-corrected chi connectivity index (χ4v) is 1.30. The van der Waals surface area contributed by atoms with Crippen LogP contribution in [0.4, 0.5) is 0 Å². The van der Waals surface area contributed by atoms with Crippen LogP contribution in [0.2, 0.25) is 0 Å². The molecule has 2 N–H and O–H groups in total. The van der Waals surface area contributed by atoms with Gasteiger partial charge in [-0.15, -0.1) is 0 Å². The van der Waals surface area contributed by atoms with Gasteiger partial charge in [0, 0.05) is 6.20 Å². The number of aliphatic hydroxyl groups is 1. The van der Waals surface area contributed by atoms with Crippen molar-refractivity contribution in [3.8, 4) is 0 Å². The normalized spacial score (nSPS) is 14.2. The van der Waals surface area contributed by atoms with E-state index in [4.69, 9.17) is 0 Å². The van der Waals surface area contributed by atoms with E-state index in [-0.39, 0.29) is 12.5 Å². The molecule has 0 aliphatic carbocycles. The van der Waals surface area contributed by atoms with Gasteiger partial charge in [-0.2, -0.15) is 0 Å². The number of carbonyl (C=O) groups is 1. The second-order valence-corrected chi connectivity index (χ2v) is 4.20. The largest absolute Gasteiger partial charge is 0.394 e. The standard InChI is InChI=1S/C12H18N2O2/c1-4-12(3,8-15)14-11(16)10-9(2)6-5-7-13-10/h5-7,15H,4,8H2,1-3H3,(H,14,16). The third-order valence-electron chi connectivity index (χ3n) is 2.77. The average molecular weight is 222 g/mol. The molecule has 1 aromatic heterocycles. The second-order valence-electron chi connectivity index (χ2n) is 4.20. The first-order chi connectivity index (χ1) is 7.52. The highest BCUT2D eigenvalue weighted by Gasteiger charge is 2.24. The number of aliphatic hydroxyl groups excluding tert-OH is 1. The van der Waals surface area contributed by atoms with Crippen LogP contribution >= 0.6 is 0 Å². The second kappa shape index (κ2) is 5.07. The van der Waals surface area contributed by atoms with Crippen LogP contribution in [0.15, 0.2) is 18.3 Å². The zero-order valence-corrected chi connectivity index (χ0v) is 9.95. The number of aryl methyl sites for hydroxylation is 1. The van der Waals surface area contributed by atoms with Crippen molar-refractivity contribution < 1.29 is 9.90 Å².